The molecule has 0 aliphatic carbocycles. The maximum atomic E-state index is 10.5. The minimum atomic E-state index is -1.16. The monoisotopic (exact) mass is 260 g/mol. The van der Waals surface area contributed by atoms with Gasteiger partial charge in [0.2, 0.25) is 6.54 Å². The van der Waals surface area contributed by atoms with Crippen LogP contribution in [0.2, 0.25) is 0 Å². The van der Waals surface area contributed by atoms with Gasteiger partial charge in [0, 0.05) is 11.3 Å². The van der Waals surface area contributed by atoms with Gasteiger partial charge in [0.05, 0.1) is 0 Å². The van der Waals surface area contributed by atoms with E-state index in [1.54, 1.807) is 0 Å². The van der Waals surface area contributed by atoms with Crippen molar-refractivity contribution in [1.29, 1.82) is 0 Å². The van der Waals surface area contributed by atoms with Crippen molar-refractivity contribution in [2.75, 3.05) is 6.54 Å². The van der Waals surface area contributed by atoms with Gasteiger partial charge in [0.25, 0.3) is 0 Å². The molecule has 0 aliphatic rings. The van der Waals surface area contributed by atoms with Crippen LogP contribution in [0.25, 0.3) is 0 Å². The van der Waals surface area contributed by atoms with Gasteiger partial charge in [-0.1, -0.05) is 37.3 Å². The van der Waals surface area contributed by atoms with E-state index in [0.29, 0.717) is 19.3 Å². The third-order valence-electron chi connectivity index (χ3n) is 2.73. The molecule has 0 saturated carbocycles. The van der Waals surface area contributed by atoms with E-state index < -0.39 is 12.0 Å². The van der Waals surface area contributed by atoms with Crippen LogP contribution in [0.5, 0.6) is 0 Å². The second-order valence-electron chi connectivity index (χ2n) is 4.28. The Morgan fingerprint density at radius 3 is 2.06 bits per heavy atom. The Morgan fingerprint density at radius 2 is 1.61 bits per heavy atom. The van der Waals surface area contributed by atoms with Gasteiger partial charge < -0.3 is 5.11 Å². The van der Waals surface area contributed by atoms with Crippen molar-refractivity contribution in [3.8, 4) is 0 Å². The smallest absolute Gasteiger partial charge is 0.332 e. The summed E-state index contributed by atoms with van der Waals surface area (Å²) in [6.45, 7) is 0.0330. The van der Waals surface area contributed by atoms with Gasteiger partial charge in [-0.05, 0) is 12.8 Å². The molecule has 0 aliphatic heterocycles. The molecular formula is C11H20N2O5. The van der Waals surface area contributed by atoms with Gasteiger partial charge in [-0.3, -0.25) is 10.1 Å². The van der Waals surface area contributed by atoms with Crippen molar-refractivity contribution in [2.45, 2.75) is 57.4 Å². The summed E-state index contributed by atoms with van der Waals surface area (Å²) >= 11 is 0. The second-order valence-corrected chi connectivity index (χ2v) is 4.28. The largest absolute Gasteiger partial charge is 0.480 e. The van der Waals surface area contributed by atoms with E-state index in [0.717, 1.165) is 32.1 Å². The number of nitro groups is 1. The molecular weight excluding hydrogens is 240 g/mol. The van der Waals surface area contributed by atoms with Crippen molar-refractivity contribution < 1.29 is 14.8 Å². The second kappa shape index (κ2) is 10.6. The molecule has 1 unspecified atom stereocenters. The summed E-state index contributed by atoms with van der Waals surface area (Å²) < 4.78 is 0. The fraction of sp³-hybridized carbons (Fsp3) is 0.909. The minimum absolute atomic E-state index is 0.0330. The van der Waals surface area contributed by atoms with E-state index >= 15 is 0 Å². The standard InChI is InChI=1S/C11H20N2O5/c14-11(15)10(12-16)8-6-4-2-1-3-5-7-9-13(17)18/h10H,1-9H2,(H,14,15). The molecule has 0 radical (unpaired) electrons. The quantitative estimate of drug-likeness (QED) is 0.251. The van der Waals surface area contributed by atoms with Crippen molar-refractivity contribution in [3.63, 3.8) is 0 Å². The summed E-state index contributed by atoms with van der Waals surface area (Å²) in [5.41, 5.74) is 0. The first-order chi connectivity index (χ1) is 8.57. The fourth-order valence-electron chi connectivity index (χ4n) is 1.68. The number of carboxylic acid groups (broad SMARTS) is 1. The van der Waals surface area contributed by atoms with Crippen LogP contribution in [-0.2, 0) is 4.79 Å². The summed E-state index contributed by atoms with van der Waals surface area (Å²) in [5.74, 6) is -1.16. The van der Waals surface area contributed by atoms with E-state index in [1.807, 2.05) is 0 Å². The van der Waals surface area contributed by atoms with Crippen molar-refractivity contribution >= 4 is 5.97 Å². The molecule has 104 valence electrons. The number of nitrogens with zero attached hydrogens (tertiary/aromatic N) is 2. The first kappa shape index (κ1) is 16.5. The molecule has 0 aromatic rings. The maximum Gasteiger partial charge on any atom is 0.332 e. The average molecular weight is 260 g/mol. The van der Waals surface area contributed by atoms with Crippen LogP contribution in [0, 0.1) is 15.0 Å². The van der Waals surface area contributed by atoms with Crippen LogP contribution in [0.3, 0.4) is 0 Å². The number of carboxylic acids is 1. The topological polar surface area (TPSA) is 110 Å². The van der Waals surface area contributed by atoms with Crippen LogP contribution in [0.15, 0.2) is 5.18 Å². The number of hydrogen-bond acceptors (Lipinski definition) is 5. The molecule has 18 heavy (non-hydrogen) atoms. The highest BCUT2D eigenvalue weighted by Gasteiger charge is 2.16. The van der Waals surface area contributed by atoms with Gasteiger partial charge in [-0.25, -0.2) is 4.79 Å². The van der Waals surface area contributed by atoms with Crippen molar-refractivity contribution in [2.24, 2.45) is 5.18 Å². The van der Waals surface area contributed by atoms with Gasteiger partial charge in [0.1, 0.15) is 0 Å². The Bertz CT molecular complexity index is 270. The summed E-state index contributed by atoms with van der Waals surface area (Å²) in [4.78, 5) is 30.4. The lowest BCUT2D eigenvalue weighted by atomic mass is 10.1. The molecule has 0 spiro atoms. The van der Waals surface area contributed by atoms with E-state index in [4.69, 9.17) is 5.11 Å². The van der Waals surface area contributed by atoms with Gasteiger partial charge >= 0.3 is 5.97 Å². The van der Waals surface area contributed by atoms with Crippen molar-refractivity contribution in [1.82, 2.24) is 0 Å². The summed E-state index contributed by atoms with van der Waals surface area (Å²) in [7, 11) is 0. The van der Waals surface area contributed by atoms with E-state index in [2.05, 4.69) is 5.18 Å². The average Bonchev–Trinajstić information content (AvgIpc) is 2.31. The van der Waals surface area contributed by atoms with Crippen LogP contribution >= 0.6 is 0 Å². The SMILES string of the molecule is O=NC(CCCCCCCCC[N+](=O)[O-])C(=O)O. The highest BCUT2D eigenvalue weighted by Crippen LogP contribution is 2.11. The third kappa shape index (κ3) is 9.68. The Morgan fingerprint density at radius 1 is 1.11 bits per heavy atom. The summed E-state index contributed by atoms with van der Waals surface area (Å²) in [6, 6.07) is -1.12. The lowest BCUT2D eigenvalue weighted by Gasteiger charge is -2.03. The first-order valence-corrected chi connectivity index (χ1v) is 6.25. The zero-order valence-electron chi connectivity index (χ0n) is 10.4. The normalized spacial score (nSPS) is 12.0. The van der Waals surface area contributed by atoms with Crippen LogP contribution < -0.4 is 0 Å². The van der Waals surface area contributed by atoms with E-state index in [-0.39, 0.29) is 11.5 Å². The Labute approximate surface area is 106 Å². The fourth-order valence-corrected chi connectivity index (χ4v) is 1.68. The Kier molecular flexibility index (Phi) is 9.71. The number of carbonyl (C=O) groups is 1. The number of unbranched alkanes of at least 4 members (excludes halogenated alkanes) is 6. The first-order valence-electron chi connectivity index (χ1n) is 6.25. The molecule has 1 atom stereocenters. The van der Waals surface area contributed by atoms with Crippen LogP contribution in [-0.4, -0.2) is 28.6 Å². The zero-order chi connectivity index (χ0) is 13.8. The number of aliphatic carboxylic acids is 1. The molecule has 7 nitrogen and oxygen atoms in total. The predicted octanol–water partition coefficient (Wildman–Crippen LogP) is 2.60. The van der Waals surface area contributed by atoms with Gasteiger partial charge in [-0.15, -0.1) is 4.91 Å². The van der Waals surface area contributed by atoms with E-state index in [1.165, 1.54) is 0 Å². The minimum Gasteiger partial charge on any atom is -0.480 e. The highest BCUT2D eigenvalue weighted by molar-refractivity contribution is 5.73. The molecule has 7 heteroatoms. The molecule has 1 N–H and O–H groups in total. The highest BCUT2D eigenvalue weighted by atomic mass is 16.6. The zero-order valence-corrected chi connectivity index (χ0v) is 10.4. The molecule has 0 heterocycles. The van der Waals surface area contributed by atoms with Gasteiger partial charge in [0.15, 0.2) is 6.04 Å². The number of nitroso groups, excluding NO2 is 1. The molecule has 0 aromatic heterocycles. The number of rotatable bonds is 12. The third-order valence-corrected chi connectivity index (χ3v) is 2.73. The molecule has 0 rings (SSSR count). The molecule has 0 saturated heterocycles. The van der Waals surface area contributed by atoms with Crippen LogP contribution in [0.4, 0.5) is 0 Å². The Hall–Kier alpha value is -1.53. The summed E-state index contributed by atoms with van der Waals surface area (Å²) in [6.07, 6.45) is 6.22. The Balaban J connectivity index is 3.28. The van der Waals surface area contributed by atoms with E-state index in [9.17, 15) is 19.8 Å². The summed E-state index contributed by atoms with van der Waals surface area (Å²) in [5, 5.41) is 21.2. The van der Waals surface area contributed by atoms with Gasteiger partial charge in [-0.2, -0.15) is 0 Å². The molecule has 0 amide bonds. The molecule has 0 aromatic carbocycles. The lowest BCUT2D eigenvalue weighted by molar-refractivity contribution is -0.480. The van der Waals surface area contributed by atoms with Crippen LogP contribution in [0.1, 0.15) is 51.4 Å². The molecule has 0 bridgehead atoms. The lowest BCUT2D eigenvalue weighted by Crippen LogP contribution is -2.16. The van der Waals surface area contributed by atoms with Crippen molar-refractivity contribution in [3.05, 3.63) is 15.0 Å². The molecule has 0 fully saturated rings. The maximum absolute atomic E-state index is 10.5. The number of hydrogen-bond donors (Lipinski definition) is 1. The predicted molar refractivity (Wildman–Crippen MR) is 66.0 cm³/mol.